The topological polar surface area (TPSA) is 85.8 Å². The van der Waals surface area contributed by atoms with Crippen LogP contribution < -0.4 is 16.0 Å². The maximum absolute atomic E-state index is 13.4. The van der Waals surface area contributed by atoms with Gasteiger partial charge in [-0.05, 0) is 61.2 Å². The Hall–Kier alpha value is -3.87. The summed E-state index contributed by atoms with van der Waals surface area (Å²) in [5, 5.41) is 19.8. The van der Waals surface area contributed by atoms with Gasteiger partial charge in [-0.2, -0.15) is 0 Å². The summed E-state index contributed by atoms with van der Waals surface area (Å²) in [4.78, 5) is 16.8. The molecule has 1 fully saturated rings. The Morgan fingerprint density at radius 2 is 1.80 bits per heavy atom. The number of hydrogen-bond donors (Lipinski definition) is 4. The minimum atomic E-state index is -0.753. The van der Waals surface area contributed by atoms with Crippen molar-refractivity contribution >= 4 is 23.1 Å². The van der Waals surface area contributed by atoms with Crippen LogP contribution in [0.4, 0.5) is 15.8 Å². The van der Waals surface area contributed by atoms with Crippen molar-refractivity contribution in [2.45, 2.75) is 44.3 Å². The van der Waals surface area contributed by atoms with E-state index in [0.717, 1.165) is 41.3 Å². The van der Waals surface area contributed by atoms with E-state index in [1.165, 1.54) is 12.1 Å². The number of allylic oxidation sites excluding steroid dienone is 5. The van der Waals surface area contributed by atoms with E-state index in [9.17, 15) is 14.3 Å². The highest BCUT2D eigenvalue weighted by atomic mass is 19.1. The van der Waals surface area contributed by atoms with Crippen molar-refractivity contribution < 1.29 is 14.3 Å². The molecule has 6 nitrogen and oxygen atoms in total. The van der Waals surface area contributed by atoms with E-state index in [1.807, 2.05) is 42.5 Å². The van der Waals surface area contributed by atoms with E-state index in [4.69, 9.17) is 4.99 Å². The van der Waals surface area contributed by atoms with Crippen LogP contribution in [0.15, 0.2) is 89.7 Å². The smallest absolute Gasteiger partial charge is 0.314 e. The molecule has 0 saturated heterocycles. The minimum Gasteiger partial charge on any atom is -0.481 e. The first-order chi connectivity index (χ1) is 16.9. The van der Waals surface area contributed by atoms with Crippen molar-refractivity contribution in [1.29, 1.82) is 0 Å². The van der Waals surface area contributed by atoms with Gasteiger partial charge in [-0.25, -0.2) is 9.38 Å². The third-order valence-electron chi connectivity index (χ3n) is 7.16. The first kappa shape index (κ1) is 22.9. The van der Waals surface area contributed by atoms with Crippen LogP contribution in [0.5, 0.6) is 0 Å². The van der Waals surface area contributed by atoms with Gasteiger partial charge in [-0.3, -0.25) is 4.79 Å². The average Bonchev–Trinajstić information content (AvgIpc) is 2.81. The minimum absolute atomic E-state index is 0.256. The summed E-state index contributed by atoms with van der Waals surface area (Å²) in [6.07, 6.45) is 13.0. The Morgan fingerprint density at radius 3 is 2.40 bits per heavy atom. The standard InChI is InChI=1S/C28H29FN4O2/c1-27(14-3-2-4-15-27)23-18-24(30-21-12-8-20(29)9-13-21)33-26(32-23)31-22-10-6-19(7-11-22)28(25(34)35)16-5-17-28/h2-4,6-14,18,26,30-31,33H,5,15-17H2,1H3,(H,34,35). The largest absolute Gasteiger partial charge is 0.481 e. The van der Waals surface area contributed by atoms with Gasteiger partial charge < -0.3 is 21.1 Å². The van der Waals surface area contributed by atoms with Crippen molar-refractivity contribution in [2.24, 2.45) is 10.4 Å². The van der Waals surface area contributed by atoms with Crippen molar-refractivity contribution in [3.63, 3.8) is 0 Å². The molecule has 0 aromatic heterocycles. The maximum Gasteiger partial charge on any atom is 0.314 e. The fourth-order valence-electron chi connectivity index (χ4n) is 4.79. The van der Waals surface area contributed by atoms with Crippen molar-refractivity contribution in [2.75, 3.05) is 10.6 Å². The molecule has 2 atom stereocenters. The van der Waals surface area contributed by atoms with Crippen LogP contribution in [0, 0.1) is 11.2 Å². The number of aliphatic carboxylic acids is 1. The van der Waals surface area contributed by atoms with Gasteiger partial charge in [0.15, 0.2) is 6.29 Å². The molecule has 0 bridgehead atoms. The number of nitrogens with one attached hydrogen (secondary N) is 3. The third-order valence-corrected chi connectivity index (χ3v) is 7.16. The molecular weight excluding hydrogens is 443 g/mol. The summed E-state index contributed by atoms with van der Waals surface area (Å²) in [5.41, 5.74) is 2.34. The highest BCUT2D eigenvalue weighted by molar-refractivity contribution is 6.02. The molecule has 180 valence electrons. The number of carbonyl (C=O) groups is 1. The Morgan fingerprint density at radius 1 is 1.09 bits per heavy atom. The third kappa shape index (κ3) is 4.58. The van der Waals surface area contributed by atoms with Crippen molar-refractivity contribution in [3.8, 4) is 0 Å². The quantitative estimate of drug-likeness (QED) is 0.425. The van der Waals surface area contributed by atoms with E-state index in [1.54, 1.807) is 12.1 Å². The van der Waals surface area contributed by atoms with E-state index < -0.39 is 17.7 Å². The summed E-state index contributed by atoms with van der Waals surface area (Å²) < 4.78 is 13.4. The molecule has 0 spiro atoms. The van der Waals surface area contributed by atoms with Crippen LogP contribution in [-0.2, 0) is 10.2 Å². The molecule has 2 aromatic rings. The summed E-state index contributed by atoms with van der Waals surface area (Å²) in [6, 6.07) is 13.8. The average molecular weight is 473 g/mol. The van der Waals surface area contributed by atoms with E-state index in [0.29, 0.717) is 12.8 Å². The second-order valence-corrected chi connectivity index (χ2v) is 9.62. The fraction of sp³-hybridized carbons (Fsp3) is 0.286. The summed E-state index contributed by atoms with van der Waals surface area (Å²) in [6.45, 7) is 2.15. The Labute approximate surface area is 204 Å². The highest BCUT2D eigenvalue weighted by Gasteiger charge is 2.45. The monoisotopic (exact) mass is 472 g/mol. The van der Waals surface area contributed by atoms with Gasteiger partial charge in [0.2, 0.25) is 0 Å². The molecule has 1 saturated carbocycles. The lowest BCUT2D eigenvalue weighted by Crippen LogP contribution is -2.43. The number of hydrogen-bond acceptors (Lipinski definition) is 5. The second kappa shape index (κ2) is 9.06. The normalized spacial score (nSPS) is 24.5. The van der Waals surface area contributed by atoms with Gasteiger partial charge in [0.1, 0.15) is 11.6 Å². The molecule has 0 radical (unpaired) electrons. The zero-order chi connectivity index (χ0) is 24.5. The van der Waals surface area contributed by atoms with Crippen LogP contribution in [-0.4, -0.2) is 23.1 Å². The van der Waals surface area contributed by atoms with E-state index >= 15 is 0 Å². The molecule has 0 amide bonds. The van der Waals surface area contributed by atoms with Gasteiger partial charge >= 0.3 is 5.97 Å². The molecule has 2 unspecified atom stereocenters. The Balaban J connectivity index is 1.38. The number of carboxylic acids is 1. The number of carboxylic acid groups (broad SMARTS) is 1. The lowest BCUT2D eigenvalue weighted by molar-refractivity contribution is -0.147. The number of anilines is 2. The van der Waals surface area contributed by atoms with Crippen molar-refractivity contribution in [3.05, 3.63) is 96.1 Å². The molecule has 35 heavy (non-hydrogen) atoms. The maximum atomic E-state index is 13.4. The first-order valence-corrected chi connectivity index (χ1v) is 11.9. The van der Waals surface area contributed by atoms with Crippen LogP contribution in [0.2, 0.25) is 0 Å². The van der Waals surface area contributed by atoms with Gasteiger partial charge in [0.25, 0.3) is 0 Å². The van der Waals surface area contributed by atoms with Crippen LogP contribution in [0.25, 0.3) is 0 Å². The molecule has 1 heterocycles. The van der Waals surface area contributed by atoms with Crippen LogP contribution in [0.3, 0.4) is 0 Å². The summed E-state index contributed by atoms with van der Waals surface area (Å²) in [7, 11) is 0. The van der Waals surface area contributed by atoms with Crippen molar-refractivity contribution in [1.82, 2.24) is 5.32 Å². The first-order valence-electron chi connectivity index (χ1n) is 11.9. The fourth-order valence-corrected chi connectivity index (χ4v) is 4.79. The predicted octanol–water partition coefficient (Wildman–Crippen LogP) is 5.55. The number of halogens is 1. The Kier molecular flexibility index (Phi) is 5.93. The molecule has 2 aliphatic carbocycles. The van der Waals surface area contributed by atoms with Crippen LogP contribution >= 0.6 is 0 Å². The molecule has 4 N–H and O–H groups in total. The number of aliphatic imine (C=N–C) groups is 1. The zero-order valence-electron chi connectivity index (χ0n) is 19.6. The molecule has 3 aliphatic rings. The van der Waals surface area contributed by atoms with E-state index in [2.05, 4.69) is 35.0 Å². The molecule has 7 heteroatoms. The van der Waals surface area contributed by atoms with Gasteiger partial charge in [-0.15, -0.1) is 0 Å². The summed E-state index contributed by atoms with van der Waals surface area (Å²) in [5.74, 6) is -0.291. The SMILES string of the molecule is CC1(C2=NC(Nc3ccc(C4(C(=O)O)CCC4)cc3)NC(Nc3ccc(F)cc3)=C2)C=CC=CC1. The van der Waals surface area contributed by atoms with E-state index in [-0.39, 0.29) is 11.2 Å². The molecule has 5 rings (SSSR count). The van der Waals surface area contributed by atoms with Gasteiger partial charge in [-0.1, -0.05) is 49.8 Å². The number of rotatable bonds is 7. The zero-order valence-corrected chi connectivity index (χ0v) is 19.6. The Bertz CT molecular complexity index is 1230. The van der Waals surface area contributed by atoms with Gasteiger partial charge in [0, 0.05) is 22.9 Å². The highest BCUT2D eigenvalue weighted by Crippen LogP contribution is 2.44. The predicted molar refractivity (Wildman–Crippen MR) is 137 cm³/mol. The van der Waals surface area contributed by atoms with Crippen LogP contribution in [0.1, 0.15) is 38.2 Å². The number of benzene rings is 2. The molecule has 1 aliphatic heterocycles. The van der Waals surface area contributed by atoms with Gasteiger partial charge in [0.05, 0.1) is 11.1 Å². The lowest BCUT2D eigenvalue weighted by atomic mass is 9.64. The molecular formula is C28H29FN4O2. The molecule has 2 aromatic carbocycles. The number of nitrogens with zero attached hydrogens (tertiary/aromatic N) is 1. The summed E-state index contributed by atoms with van der Waals surface area (Å²) >= 11 is 0. The lowest BCUT2D eigenvalue weighted by Gasteiger charge is -2.38. The second-order valence-electron chi connectivity index (χ2n) is 9.62.